The number of thiophene rings is 1. The molecule has 0 radical (unpaired) electrons. The van der Waals surface area contributed by atoms with Gasteiger partial charge in [-0.25, -0.2) is 9.18 Å². The number of rotatable bonds is 6. The van der Waals surface area contributed by atoms with Crippen LogP contribution < -0.4 is 5.32 Å². The number of aromatic nitrogens is 1. The fourth-order valence-electron chi connectivity index (χ4n) is 3.31. The molecule has 0 saturated heterocycles. The van der Waals surface area contributed by atoms with Gasteiger partial charge in [-0.1, -0.05) is 12.1 Å². The fraction of sp³-hybridized carbons (Fsp3) is 0.261. The molecule has 2 heterocycles. The molecule has 0 fully saturated rings. The maximum absolute atomic E-state index is 13.2. The molecule has 0 aliphatic heterocycles. The third-order valence-corrected chi connectivity index (χ3v) is 6.01. The molecule has 3 aromatic rings. The third kappa shape index (κ3) is 4.84. The number of anilines is 1. The van der Waals surface area contributed by atoms with Crippen LogP contribution in [-0.4, -0.2) is 23.1 Å². The zero-order chi connectivity index (χ0) is 22.7. The molecule has 0 saturated carbocycles. The van der Waals surface area contributed by atoms with Crippen LogP contribution >= 0.6 is 11.3 Å². The van der Waals surface area contributed by atoms with Gasteiger partial charge in [0.1, 0.15) is 17.7 Å². The number of amides is 1. The van der Waals surface area contributed by atoms with E-state index in [2.05, 4.69) is 11.4 Å². The van der Waals surface area contributed by atoms with E-state index in [1.165, 1.54) is 23.5 Å². The van der Waals surface area contributed by atoms with Gasteiger partial charge in [0.15, 0.2) is 6.61 Å². The number of esters is 1. The summed E-state index contributed by atoms with van der Waals surface area (Å²) >= 11 is 1.48. The van der Waals surface area contributed by atoms with Gasteiger partial charge in [-0.3, -0.25) is 4.79 Å². The Morgan fingerprint density at radius 2 is 1.87 bits per heavy atom. The predicted octanol–water partition coefficient (Wildman–Crippen LogP) is 4.64. The van der Waals surface area contributed by atoms with Crippen LogP contribution in [0.5, 0.6) is 0 Å². The second-order valence-electron chi connectivity index (χ2n) is 7.21. The number of nitriles is 1. The molecule has 1 N–H and O–H groups in total. The van der Waals surface area contributed by atoms with Crippen molar-refractivity contribution >= 4 is 29.0 Å². The van der Waals surface area contributed by atoms with Gasteiger partial charge >= 0.3 is 5.97 Å². The van der Waals surface area contributed by atoms with E-state index in [1.54, 1.807) is 29.7 Å². The lowest BCUT2D eigenvalue weighted by Crippen LogP contribution is -2.23. The van der Waals surface area contributed by atoms with Gasteiger partial charge in [0, 0.05) is 22.0 Å². The molecule has 0 unspecified atom stereocenters. The first kappa shape index (κ1) is 22.2. The van der Waals surface area contributed by atoms with Crippen LogP contribution in [0, 0.1) is 44.8 Å². The summed E-state index contributed by atoms with van der Waals surface area (Å²) in [6.07, 6.45) is 0. The Kier molecular flexibility index (Phi) is 6.56. The van der Waals surface area contributed by atoms with E-state index in [-0.39, 0.29) is 5.82 Å². The molecular weight excluding hydrogens is 417 g/mol. The van der Waals surface area contributed by atoms with Crippen LogP contribution in [0.1, 0.15) is 42.5 Å². The van der Waals surface area contributed by atoms with Gasteiger partial charge in [-0.05, 0) is 57.0 Å². The van der Waals surface area contributed by atoms with Crippen molar-refractivity contribution in [2.45, 2.75) is 34.2 Å². The highest BCUT2D eigenvalue weighted by molar-refractivity contribution is 7.12. The highest BCUT2D eigenvalue weighted by Crippen LogP contribution is 2.27. The Labute approximate surface area is 183 Å². The number of nitrogens with zero attached hydrogens (tertiary/aromatic N) is 2. The first-order valence-electron chi connectivity index (χ1n) is 9.59. The molecule has 31 heavy (non-hydrogen) atoms. The van der Waals surface area contributed by atoms with Crippen LogP contribution in [0.25, 0.3) is 0 Å². The van der Waals surface area contributed by atoms with Gasteiger partial charge in [0.25, 0.3) is 5.91 Å². The normalized spacial score (nSPS) is 10.6. The lowest BCUT2D eigenvalue weighted by atomic mass is 10.2. The lowest BCUT2D eigenvalue weighted by Gasteiger charge is -2.13. The molecule has 8 heteroatoms. The number of halogens is 1. The number of benzene rings is 1. The van der Waals surface area contributed by atoms with Crippen molar-refractivity contribution in [3.05, 3.63) is 73.9 Å². The smallest absolute Gasteiger partial charge is 0.339 e. The number of carbonyl (C=O) groups is 2. The summed E-state index contributed by atoms with van der Waals surface area (Å²) < 4.78 is 20.2. The van der Waals surface area contributed by atoms with Crippen LogP contribution in [0.3, 0.4) is 0 Å². The van der Waals surface area contributed by atoms with Gasteiger partial charge < -0.3 is 14.6 Å². The molecular formula is C23H22FN3O3S. The summed E-state index contributed by atoms with van der Waals surface area (Å²) in [6, 6.07) is 9.87. The third-order valence-electron chi connectivity index (χ3n) is 5.05. The van der Waals surface area contributed by atoms with Crippen LogP contribution in [-0.2, 0) is 16.1 Å². The van der Waals surface area contributed by atoms with E-state index in [9.17, 15) is 19.2 Å². The molecule has 6 nitrogen and oxygen atoms in total. The first-order valence-corrected chi connectivity index (χ1v) is 10.4. The standard InChI is InChI=1S/C23H22FN3O3S/c1-13-9-19(16(4)31-13)23(29)30-12-21(28)26-22-20(10-25)14(2)15(3)27(22)11-17-5-7-18(24)8-6-17/h5-9H,11-12H2,1-4H3,(H,26,28). The maximum Gasteiger partial charge on any atom is 0.339 e. The molecule has 2 aromatic heterocycles. The molecule has 3 rings (SSSR count). The molecule has 160 valence electrons. The van der Waals surface area contributed by atoms with Gasteiger partial charge in [-0.2, -0.15) is 5.26 Å². The molecule has 0 bridgehead atoms. The second-order valence-corrected chi connectivity index (χ2v) is 8.67. The Morgan fingerprint density at radius 1 is 1.19 bits per heavy atom. The van der Waals surface area contributed by atoms with Crippen LogP contribution in [0.2, 0.25) is 0 Å². The number of carbonyl (C=O) groups excluding carboxylic acids is 2. The van der Waals surface area contributed by atoms with Crippen LogP contribution in [0.15, 0.2) is 30.3 Å². The van der Waals surface area contributed by atoms with E-state index < -0.39 is 18.5 Å². The zero-order valence-electron chi connectivity index (χ0n) is 17.7. The Hall–Kier alpha value is -3.44. The SMILES string of the molecule is Cc1cc(C(=O)OCC(=O)Nc2c(C#N)c(C)c(C)n2Cc2ccc(F)cc2)c(C)s1. The number of hydrogen-bond acceptors (Lipinski definition) is 5. The predicted molar refractivity (Wildman–Crippen MR) is 117 cm³/mol. The first-order chi connectivity index (χ1) is 14.7. The number of nitrogens with one attached hydrogen (secondary N) is 1. The Morgan fingerprint density at radius 3 is 2.45 bits per heavy atom. The number of hydrogen-bond donors (Lipinski definition) is 1. The minimum atomic E-state index is -0.563. The molecule has 0 atom stereocenters. The van der Waals surface area contributed by atoms with Crippen molar-refractivity contribution < 1.29 is 18.7 Å². The fourth-order valence-corrected chi connectivity index (χ4v) is 4.22. The van der Waals surface area contributed by atoms with E-state index >= 15 is 0 Å². The average Bonchev–Trinajstić information content (AvgIpc) is 3.18. The van der Waals surface area contributed by atoms with Crippen molar-refractivity contribution in [2.75, 3.05) is 11.9 Å². The Bertz CT molecular complexity index is 1190. The van der Waals surface area contributed by atoms with Crippen molar-refractivity contribution in [3.63, 3.8) is 0 Å². The lowest BCUT2D eigenvalue weighted by molar-refractivity contribution is -0.119. The highest BCUT2D eigenvalue weighted by Gasteiger charge is 2.21. The second kappa shape index (κ2) is 9.14. The minimum absolute atomic E-state index is 0.324. The van der Waals surface area contributed by atoms with E-state index in [4.69, 9.17) is 4.74 Å². The highest BCUT2D eigenvalue weighted by atomic mass is 32.1. The molecule has 1 aromatic carbocycles. The van der Waals surface area contributed by atoms with Gasteiger partial charge in [0.2, 0.25) is 0 Å². The zero-order valence-corrected chi connectivity index (χ0v) is 18.5. The summed E-state index contributed by atoms with van der Waals surface area (Å²) in [7, 11) is 0. The van der Waals surface area contributed by atoms with Crippen molar-refractivity contribution in [3.8, 4) is 6.07 Å². The summed E-state index contributed by atoms with van der Waals surface area (Å²) in [4.78, 5) is 26.6. The summed E-state index contributed by atoms with van der Waals surface area (Å²) in [5.74, 6) is -1.13. The average molecular weight is 440 g/mol. The van der Waals surface area contributed by atoms with Crippen molar-refractivity contribution in [1.29, 1.82) is 5.26 Å². The van der Waals surface area contributed by atoms with Crippen LogP contribution in [0.4, 0.5) is 10.2 Å². The number of aryl methyl sites for hydroxylation is 2. The monoisotopic (exact) mass is 439 g/mol. The topological polar surface area (TPSA) is 84.1 Å². The molecule has 1 amide bonds. The minimum Gasteiger partial charge on any atom is -0.452 e. The molecule has 0 aliphatic carbocycles. The quantitative estimate of drug-likeness (QED) is 0.567. The van der Waals surface area contributed by atoms with E-state index in [0.29, 0.717) is 23.5 Å². The summed E-state index contributed by atoms with van der Waals surface area (Å²) in [5, 5.41) is 12.3. The van der Waals surface area contributed by atoms with Gasteiger partial charge in [-0.15, -0.1) is 11.3 Å². The molecule has 0 spiro atoms. The van der Waals surface area contributed by atoms with Crippen molar-refractivity contribution in [2.24, 2.45) is 0 Å². The van der Waals surface area contributed by atoms with Crippen molar-refractivity contribution in [1.82, 2.24) is 4.57 Å². The van der Waals surface area contributed by atoms with Gasteiger partial charge in [0.05, 0.1) is 11.1 Å². The van der Waals surface area contributed by atoms with E-state index in [1.807, 2.05) is 20.8 Å². The summed E-state index contributed by atoms with van der Waals surface area (Å²) in [6.45, 7) is 7.23. The van der Waals surface area contributed by atoms with E-state index in [0.717, 1.165) is 26.6 Å². The number of ether oxygens (including phenoxy) is 1. The molecule has 0 aliphatic rings. The maximum atomic E-state index is 13.2. The Balaban J connectivity index is 1.78. The largest absolute Gasteiger partial charge is 0.452 e. The summed E-state index contributed by atoms with van der Waals surface area (Å²) in [5.41, 5.74) is 3.14.